The smallest absolute Gasteiger partial charge is 0.303 e. The molecule has 0 spiro atoms. The monoisotopic (exact) mass is 237 g/mol. The molecule has 2 aromatic rings. The van der Waals surface area contributed by atoms with E-state index in [0.29, 0.717) is 6.42 Å². The summed E-state index contributed by atoms with van der Waals surface area (Å²) in [6, 6.07) is 0. The van der Waals surface area contributed by atoms with Gasteiger partial charge >= 0.3 is 5.97 Å². The van der Waals surface area contributed by atoms with Crippen molar-refractivity contribution in [2.75, 3.05) is 0 Å². The first kappa shape index (κ1) is 9.77. The standard InChI is InChI=1S/C10H11N3O2S/c14-9(15)5-4-8-11-12-10-13(8)6-2-1-3-7(6)16-10/h1-5H2,(H,14,15). The molecule has 0 saturated heterocycles. The van der Waals surface area contributed by atoms with Crippen LogP contribution in [0.2, 0.25) is 0 Å². The molecule has 84 valence electrons. The number of carbonyl (C=O) groups is 1. The summed E-state index contributed by atoms with van der Waals surface area (Å²) < 4.78 is 2.05. The molecule has 0 aromatic carbocycles. The van der Waals surface area contributed by atoms with Gasteiger partial charge in [-0.05, 0) is 19.3 Å². The van der Waals surface area contributed by atoms with Crippen LogP contribution in [-0.4, -0.2) is 25.7 Å². The Bertz CT molecular complexity index is 558. The molecule has 0 fully saturated rings. The Morgan fingerprint density at radius 2 is 2.31 bits per heavy atom. The highest BCUT2D eigenvalue weighted by Gasteiger charge is 2.21. The van der Waals surface area contributed by atoms with Gasteiger partial charge in [0.05, 0.1) is 6.42 Å². The maximum absolute atomic E-state index is 10.5. The van der Waals surface area contributed by atoms with Gasteiger partial charge in [-0.15, -0.1) is 10.2 Å². The zero-order chi connectivity index (χ0) is 11.1. The number of aromatic nitrogens is 3. The lowest BCUT2D eigenvalue weighted by molar-refractivity contribution is -0.137. The largest absolute Gasteiger partial charge is 0.481 e. The van der Waals surface area contributed by atoms with E-state index in [1.54, 1.807) is 11.3 Å². The number of fused-ring (bicyclic) bond motifs is 3. The molecule has 1 N–H and O–H groups in total. The molecule has 6 heteroatoms. The maximum Gasteiger partial charge on any atom is 0.303 e. The lowest BCUT2D eigenvalue weighted by Crippen LogP contribution is -2.02. The average Bonchev–Trinajstić information content (AvgIpc) is 2.84. The van der Waals surface area contributed by atoms with Crippen molar-refractivity contribution < 1.29 is 9.90 Å². The van der Waals surface area contributed by atoms with E-state index in [0.717, 1.165) is 23.6 Å². The van der Waals surface area contributed by atoms with Gasteiger partial charge in [0.2, 0.25) is 4.96 Å². The second-order valence-electron chi connectivity index (χ2n) is 3.95. The van der Waals surface area contributed by atoms with Crippen LogP contribution in [0.4, 0.5) is 0 Å². The topological polar surface area (TPSA) is 67.5 Å². The normalized spacial score (nSPS) is 14.5. The molecule has 0 amide bonds. The lowest BCUT2D eigenvalue weighted by Gasteiger charge is -1.97. The summed E-state index contributed by atoms with van der Waals surface area (Å²) in [4.78, 5) is 12.8. The molecule has 0 bridgehead atoms. The number of nitrogens with zero attached hydrogens (tertiary/aromatic N) is 3. The number of rotatable bonds is 3. The summed E-state index contributed by atoms with van der Waals surface area (Å²) >= 11 is 1.68. The Labute approximate surface area is 95.7 Å². The van der Waals surface area contributed by atoms with Crippen LogP contribution in [0, 0.1) is 0 Å². The van der Waals surface area contributed by atoms with Crippen LogP contribution in [0.5, 0.6) is 0 Å². The van der Waals surface area contributed by atoms with Gasteiger partial charge in [-0.3, -0.25) is 9.20 Å². The minimum Gasteiger partial charge on any atom is -0.481 e. The Morgan fingerprint density at radius 3 is 3.12 bits per heavy atom. The minimum atomic E-state index is -0.788. The Kier molecular flexibility index (Phi) is 2.17. The number of aliphatic carboxylic acids is 1. The first-order valence-electron chi connectivity index (χ1n) is 5.32. The molecule has 0 atom stereocenters. The van der Waals surface area contributed by atoms with E-state index in [-0.39, 0.29) is 6.42 Å². The highest BCUT2D eigenvalue weighted by atomic mass is 32.1. The van der Waals surface area contributed by atoms with Crippen LogP contribution < -0.4 is 0 Å². The van der Waals surface area contributed by atoms with Crippen molar-refractivity contribution in [3.63, 3.8) is 0 Å². The number of carboxylic acid groups (broad SMARTS) is 1. The molecular formula is C10H11N3O2S. The molecule has 2 aromatic heterocycles. The number of carboxylic acids is 1. The third kappa shape index (κ3) is 1.41. The van der Waals surface area contributed by atoms with Crippen molar-refractivity contribution >= 4 is 22.3 Å². The average molecular weight is 237 g/mol. The molecule has 2 heterocycles. The van der Waals surface area contributed by atoms with Gasteiger partial charge in [-0.25, -0.2) is 0 Å². The molecule has 0 saturated carbocycles. The molecule has 5 nitrogen and oxygen atoms in total. The SMILES string of the molecule is O=C(O)CCc1nnc2sc3c(n12)CCC3. The van der Waals surface area contributed by atoms with Crippen molar-refractivity contribution in [3.8, 4) is 0 Å². The Morgan fingerprint density at radius 1 is 1.44 bits per heavy atom. The van der Waals surface area contributed by atoms with Crippen LogP contribution in [0.15, 0.2) is 0 Å². The van der Waals surface area contributed by atoms with Crippen LogP contribution in [-0.2, 0) is 24.1 Å². The number of aryl methyl sites for hydroxylation is 3. The summed E-state index contributed by atoms with van der Waals surface area (Å²) in [5.74, 6) is 0.000394. The quantitative estimate of drug-likeness (QED) is 0.873. The second-order valence-corrected chi connectivity index (χ2v) is 5.02. The molecule has 0 radical (unpaired) electrons. The zero-order valence-electron chi connectivity index (χ0n) is 8.64. The number of thiazole rings is 1. The van der Waals surface area contributed by atoms with E-state index < -0.39 is 5.97 Å². The van der Waals surface area contributed by atoms with Gasteiger partial charge in [0.1, 0.15) is 5.82 Å². The Balaban J connectivity index is 2.01. The lowest BCUT2D eigenvalue weighted by atomic mass is 10.3. The van der Waals surface area contributed by atoms with Crippen molar-refractivity contribution in [1.82, 2.24) is 14.6 Å². The minimum absolute atomic E-state index is 0.116. The predicted molar refractivity (Wildman–Crippen MR) is 58.8 cm³/mol. The van der Waals surface area contributed by atoms with Gasteiger partial charge < -0.3 is 5.11 Å². The van der Waals surface area contributed by atoms with E-state index in [4.69, 9.17) is 5.11 Å². The second kappa shape index (κ2) is 3.55. The fourth-order valence-electron chi connectivity index (χ4n) is 2.17. The van der Waals surface area contributed by atoms with Crippen LogP contribution in [0.25, 0.3) is 4.96 Å². The van der Waals surface area contributed by atoms with E-state index >= 15 is 0 Å². The highest BCUT2D eigenvalue weighted by Crippen LogP contribution is 2.31. The van der Waals surface area contributed by atoms with E-state index in [9.17, 15) is 4.79 Å². The third-order valence-electron chi connectivity index (χ3n) is 2.89. The van der Waals surface area contributed by atoms with E-state index in [1.165, 1.54) is 17.0 Å². The van der Waals surface area contributed by atoms with Crippen LogP contribution in [0.3, 0.4) is 0 Å². The van der Waals surface area contributed by atoms with Gasteiger partial charge in [0, 0.05) is 17.0 Å². The van der Waals surface area contributed by atoms with Gasteiger partial charge in [-0.2, -0.15) is 0 Å². The molecule has 1 aliphatic carbocycles. The van der Waals surface area contributed by atoms with E-state index in [1.807, 2.05) is 0 Å². The summed E-state index contributed by atoms with van der Waals surface area (Å²) in [6.45, 7) is 0. The van der Waals surface area contributed by atoms with Crippen molar-refractivity contribution in [3.05, 3.63) is 16.4 Å². The maximum atomic E-state index is 10.5. The summed E-state index contributed by atoms with van der Waals surface area (Å²) in [6.07, 6.45) is 3.95. The third-order valence-corrected chi connectivity index (χ3v) is 4.02. The zero-order valence-corrected chi connectivity index (χ0v) is 9.46. The molecule has 0 aliphatic heterocycles. The molecule has 16 heavy (non-hydrogen) atoms. The van der Waals surface area contributed by atoms with Crippen LogP contribution in [0.1, 0.15) is 29.2 Å². The van der Waals surface area contributed by atoms with Crippen molar-refractivity contribution in [1.29, 1.82) is 0 Å². The molecule has 1 aliphatic rings. The molecule has 0 unspecified atom stereocenters. The summed E-state index contributed by atoms with van der Waals surface area (Å²) in [5.41, 5.74) is 1.30. The summed E-state index contributed by atoms with van der Waals surface area (Å²) in [7, 11) is 0. The predicted octanol–water partition coefficient (Wildman–Crippen LogP) is 1.30. The number of hydrogen-bond acceptors (Lipinski definition) is 4. The van der Waals surface area contributed by atoms with E-state index in [2.05, 4.69) is 14.6 Å². The Hall–Kier alpha value is -1.43. The molecule has 3 rings (SSSR count). The first-order valence-corrected chi connectivity index (χ1v) is 6.13. The molecular weight excluding hydrogens is 226 g/mol. The fourth-order valence-corrected chi connectivity index (χ4v) is 3.34. The first-order chi connectivity index (χ1) is 7.75. The van der Waals surface area contributed by atoms with Crippen molar-refractivity contribution in [2.45, 2.75) is 32.1 Å². The number of hydrogen-bond donors (Lipinski definition) is 1. The van der Waals surface area contributed by atoms with Crippen LogP contribution >= 0.6 is 11.3 Å². The summed E-state index contributed by atoms with van der Waals surface area (Å²) in [5, 5.41) is 16.8. The van der Waals surface area contributed by atoms with Gasteiger partial charge in [0.15, 0.2) is 0 Å². The highest BCUT2D eigenvalue weighted by molar-refractivity contribution is 7.17. The van der Waals surface area contributed by atoms with Crippen molar-refractivity contribution in [2.24, 2.45) is 0 Å². The van der Waals surface area contributed by atoms with Gasteiger partial charge in [0.25, 0.3) is 0 Å². The van der Waals surface area contributed by atoms with Gasteiger partial charge in [-0.1, -0.05) is 11.3 Å². The fraction of sp³-hybridized carbons (Fsp3) is 0.500.